The molecule has 1 aliphatic carbocycles. The number of aryl methyl sites for hydroxylation is 3. The molecular weight excluding hydrogens is 324 g/mol. The lowest BCUT2D eigenvalue weighted by atomic mass is 9.69. The number of nitrogens with one attached hydrogen (secondary N) is 2. The second-order valence-corrected chi connectivity index (χ2v) is 8.59. The largest absolute Gasteiger partial charge is 0.345 e. The maximum atomic E-state index is 12.3. The van der Waals surface area contributed by atoms with Crippen LogP contribution in [0.2, 0.25) is 0 Å². The van der Waals surface area contributed by atoms with Crippen molar-refractivity contribution in [3.8, 4) is 0 Å². The second-order valence-electron chi connectivity index (χ2n) is 8.59. The zero-order valence-corrected chi connectivity index (χ0v) is 17.2. The minimum Gasteiger partial charge on any atom is -0.345 e. The highest BCUT2D eigenvalue weighted by molar-refractivity contribution is 6.39. The van der Waals surface area contributed by atoms with Gasteiger partial charge in [0.25, 0.3) is 0 Å². The van der Waals surface area contributed by atoms with Crippen LogP contribution in [0.1, 0.15) is 69.6 Å². The third-order valence-corrected chi connectivity index (χ3v) is 6.20. The highest BCUT2D eigenvalue weighted by Crippen LogP contribution is 2.40. The lowest BCUT2D eigenvalue weighted by molar-refractivity contribution is -0.136. The number of anilines is 1. The Bertz CT molecular complexity index is 648. The van der Waals surface area contributed by atoms with Crippen LogP contribution < -0.4 is 10.6 Å². The third kappa shape index (κ3) is 4.87. The number of rotatable bonds is 4. The SMILES string of the molecule is CCC(C)(C)C1CCC(NC(=O)C(=O)Nc2c(C)cc(C)cc2C)CC1. The topological polar surface area (TPSA) is 58.2 Å². The summed E-state index contributed by atoms with van der Waals surface area (Å²) in [6.07, 6.45) is 5.31. The van der Waals surface area contributed by atoms with Gasteiger partial charge in [-0.2, -0.15) is 0 Å². The predicted molar refractivity (Wildman–Crippen MR) is 107 cm³/mol. The van der Waals surface area contributed by atoms with Gasteiger partial charge in [0.05, 0.1) is 0 Å². The Morgan fingerprint density at radius 3 is 2.04 bits per heavy atom. The predicted octanol–water partition coefficient (Wildman–Crippen LogP) is 4.66. The van der Waals surface area contributed by atoms with Crippen molar-refractivity contribution in [1.29, 1.82) is 0 Å². The summed E-state index contributed by atoms with van der Waals surface area (Å²) in [6, 6.07) is 4.13. The van der Waals surface area contributed by atoms with Gasteiger partial charge in [-0.1, -0.05) is 44.9 Å². The minimum absolute atomic E-state index is 0.109. The Morgan fingerprint density at radius 1 is 1.00 bits per heavy atom. The smallest absolute Gasteiger partial charge is 0.313 e. The van der Waals surface area contributed by atoms with Gasteiger partial charge in [0.15, 0.2) is 0 Å². The van der Waals surface area contributed by atoms with E-state index in [0.29, 0.717) is 11.3 Å². The summed E-state index contributed by atoms with van der Waals surface area (Å²) in [5.74, 6) is -0.397. The molecule has 0 aromatic heterocycles. The van der Waals surface area contributed by atoms with E-state index in [4.69, 9.17) is 0 Å². The summed E-state index contributed by atoms with van der Waals surface area (Å²) in [7, 11) is 0. The lowest BCUT2D eigenvalue weighted by Gasteiger charge is -2.39. The number of carbonyl (C=O) groups excluding carboxylic acids is 2. The van der Waals surface area contributed by atoms with Gasteiger partial charge >= 0.3 is 11.8 Å². The van der Waals surface area contributed by atoms with Gasteiger partial charge in [0.2, 0.25) is 0 Å². The van der Waals surface area contributed by atoms with Crippen LogP contribution in [0.3, 0.4) is 0 Å². The molecule has 4 nitrogen and oxygen atoms in total. The number of hydrogen-bond acceptors (Lipinski definition) is 2. The Labute approximate surface area is 158 Å². The number of benzene rings is 1. The Balaban J connectivity index is 1.90. The summed E-state index contributed by atoms with van der Waals surface area (Å²) in [6.45, 7) is 12.8. The standard InChI is InChI=1S/C22H34N2O2/c1-7-22(5,6)17-8-10-18(11-9-17)23-20(25)21(26)24-19-15(3)12-14(2)13-16(19)4/h12-13,17-18H,7-11H2,1-6H3,(H,23,25)(H,24,26). The molecule has 1 aliphatic rings. The van der Waals surface area contributed by atoms with Crippen molar-refractivity contribution in [1.82, 2.24) is 5.32 Å². The molecule has 2 rings (SSSR count). The Morgan fingerprint density at radius 2 is 1.54 bits per heavy atom. The van der Waals surface area contributed by atoms with E-state index >= 15 is 0 Å². The zero-order valence-electron chi connectivity index (χ0n) is 17.2. The number of hydrogen-bond donors (Lipinski definition) is 2. The molecule has 0 heterocycles. The first-order chi connectivity index (χ1) is 12.1. The maximum absolute atomic E-state index is 12.3. The van der Waals surface area contributed by atoms with Gasteiger partial charge < -0.3 is 10.6 Å². The van der Waals surface area contributed by atoms with Crippen LogP contribution in [-0.2, 0) is 9.59 Å². The molecule has 0 unspecified atom stereocenters. The van der Waals surface area contributed by atoms with Crippen molar-refractivity contribution in [2.24, 2.45) is 11.3 Å². The van der Waals surface area contributed by atoms with Gasteiger partial charge in [-0.05, 0) is 68.9 Å². The second kappa shape index (κ2) is 8.24. The molecule has 0 spiro atoms. The third-order valence-electron chi connectivity index (χ3n) is 6.20. The van der Waals surface area contributed by atoms with Crippen LogP contribution in [-0.4, -0.2) is 17.9 Å². The highest BCUT2D eigenvalue weighted by Gasteiger charge is 2.32. The van der Waals surface area contributed by atoms with E-state index in [1.165, 1.54) is 6.42 Å². The maximum Gasteiger partial charge on any atom is 0.313 e. The van der Waals surface area contributed by atoms with Gasteiger partial charge in [0.1, 0.15) is 0 Å². The molecular formula is C22H34N2O2. The first-order valence-electron chi connectivity index (χ1n) is 9.83. The molecule has 26 heavy (non-hydrogen) atoms. The Kier molecular flexibility index (Phi) is 6.48. The molecule has 1 saturated carbocycles. The van der Waals surface area contributed by atoms with E-state index in [1.807, 2.05) is 32.9 Å². The van der Waals surface area contributed by atoms with E-state index in [2.05, 4.69) is 31.4 Å². The number of carbonyl (C=O) groups is 2. The fourth-order valence-corrected chi connectivity index (χ4v) is 4.11. The molecule has 0 aliphatic heterocycles. The summed E-state index contributed by atoms with van der Waals surface area (Å²) in [5, 5.41) is 5.71. The number of amides is 2. The minimum atomic E-state index is -0.573. The lowest BCUT2D eigenvalue weighted by Crippen LogP contribution is -2.44. The molecule has 0 radical (unpaired) electrons. The quantitative estimate of drug-likeness (QED) is 0.769. The van der Waals surface area contributed by atoms with Crippen LogP contribution in [0.5, 0.6) is 0 Å². The van der Waals surface area contributed by atoms with Crippen molar-refractivity contribution in [2.75, 3.05) is 5.32 Å². The normalized spacial score (nSPS) is 20.5. The zero-order chi connectivity index (χ0) is 19.5. The fraction of sp³-hybridized carbons (Fsp3) is 0.636. The molecule has 2 amide bonds. The Hall–Kier alpha value is -1.84. The summed E-state index contributed by atoms with van der Waals surface area (Å²) < 4.78 is 0. The van der Waals surface area contributed by atoms with E-state index < -0.39 is 11.8 Å². The van der Waals surface area contributed by atoms with Gasteiger partial charge in [0, 0.05) is 11.7 Å². The fourth-order valence-electron chi connectivity index (χ4n) is 4.11. The average Bonchev–Trinajstić information content (AvgIpc) is 2.58. The van der Waals surface area contributed by atoms with E-state index in [1.54, 1.807) is 0 Å². The van der Waals surface area contributed by atoms with Crippen LogP contribution >= 0.6 is 0 Å². The van der Waals surface area contributed by atoms with E-state index in [9.17, 15) is 9.59 Å². The molecule has 1 aromatic rings. The van der Waals surface area contributed by atoms with Crippen LogP contribution in [0.15, 0.2) is 12.1 Å². The first-order valence-corrected chi connectivity index (χ1v) is 9.83. The summed E-state index contributed by atoms with van der Waals surface area (Å²) in [4.78, 5) is 24.6. The van der Waals surface area contributed by atoms with Crippen molar-refractivity contribution in [3.05, 3.63) is 28.8 Å². The van der Waals surface area contributed by atoms with Crippen LogP contribution in [0.25, 0.3) is 0 Å². The molecule has 2 N–H and O–H groups in total. The summed E-state index contributed by atoms with van der Waals surface area (Å²) in [5.41, 5.74) is 4.20. The van der Waals surface area contributed by atoms with Gasteiger partial charge in [-0.3, -0.25) is 9.59 Å². The first kappa shape index (κ1) is 20.5. The van der Waals surface area contributed by atoms with Gasteiger partial charge in [-0.15, -0.1) is 0 Å². The van der Waals surface area contributed by atoms with Crippen LogP contribution in [0, 0.1) is 32.1 Å². The molecule has 1 fully saturated rings. The van der Waals surface area contributed by atoms with Crippen molar-refractivity contribution in [3.63, 3.8) is 0 Å². The summed E-state index contributed by atoms with van der Waals surface area (Å²) >= 11 is 0. The highest BCUT2D eigenvalue weighted by atomic mass is 16.2. The molecule has 0 saturated heterocycles. The molecule has 4 heteroatoms. The van der Waals surface area contributed by atoms with Crippen molar-refractivity contribution < 1.29 is 9.59 Å². The monoisotopic (exact) mass is 358 g/mol. The molecule has 0 atom stereocenters. The molecule has 0 bridgehead atoms. The van der Waals surface area contributed by atoms with Crippen LogP contribution in [0.4, 0.5) is 5.69 Å². The molecule has 1 aromatic carbocycles. The van der Waals surface area contributed by atoms with E-state index in [-0.39, 0.29) is 6.04 Å². The average molecular weight is 359 g/mol. The van der Waals surface area contributed by atoms with Crippen molar-refractivity contribution >= 4 is 17.5 Å². The van der Waals surface area contributed by atoms with Crippen molar-refractivity contribution in [2.45, 2.75) is 79.7 Å². The van der Waals surface area contributed by atoms with E-state index in [0.717, 1.165) is 48.1 Å². The molecule has 144 valence electrons. The van der Waals surface area contributed by atoms with Gasteiger partial charge in [-0.25, -0.2) is 0 Å².